The van der Waals surface area contributed by atoms with Crippen molar-refractivity contribution < 1.29 is 9.26 Å². The lowest BCUT2D eigenvalue weighted by molar-refractivity contribution is 0.107. The van der Waals surface area contributed by atoms with Gasteiger partial charge in [0.15, 0.2) is 0 Å². The summed E-state index contributed by atoms with van der Waals surface area (Å²) in [7, 11) is 1.78. The van der Waals surface area contributed by atoms with E-state index in [1.165, 1.54) is 5.56 Å². The molecule has 0 spiro atoms. The number of hydrogen-bond donors (Lipinski definition) is 1. The zero-order chi connectivity index (χ0) is 16.6. The lowest BCUT2D eigenvalue weighted by atomic mass is 10.1. The van der Waals surface area contributed by atoms with Gasteiger partial charge < -0.3 is 14.2 Å². The minimum atomic E-state index is 0.232. The van der Waals surface area contributed by atoms with Crippen molar-refractivity contribution in [3.8, 4) is 0 Å². The van der Waals surface area contributed by atoms with Crippen LogP contribution in [0.2, 0.25) is 0 Å². The second-order valence-corrected chi connectivity index (χ2v) is 6.39. The fourth-order valence-electron chi connectivity index (χ4n) is 3.34. The van der Waals surface area contributed by atoms with Gasteiger partial charge >= 0.3 is 0 Å². The molecule has 23 heavy (non-hydrogen) atoms. The predicted octanol–water partition coefficient (Wildman–Crippen LogP) is 2.85. The lowest BCUT2D eigenvalue weighted by Crippen LogP contribution is -2.26. The molecular formula is C17H26N4O2. The Morgan fingerprint density at radius 3 is 2.74 bits per heavy atom. The molecule has 6 heteroatoms. The maximum absolute atomic E-state index is 5.61. The number of imidazole rings is 1. The van der Waals surface area contributed by atoms with Crippen LogP contribution in [-0.2, 0) is 17.7 Å². The van der Waals surface area contributed by atoms with E-state index in [2.05, 4.69) is 28.9 Å². The SMILES string of the molecule is CCc1noc(C)c1CN1C[C@H](OC)C[C@H]1c1nc(C)c(C)[nH]1. The van der Waals surface area contributed by atoms with Crippen molar-refractivity contribution in [2.75, 3.05) is 13.7 Å². The minimum Gasteiger partial charge on any atom is -0.380 e. The number of methoxy groups -OCH3 is 1. The first-order valence-corrected chi connectivity index (χ1v) is 8.27. The lowest BCUT2D eigenvalue weighted by Gasteiger charge is -2.22. The van der Waals surface area contributed by atoms with Crippen LogP contribution in [-0.4, -0.2) is 39.8 Å². The van der Waals surface area contributed by atoms with Crippen LogP contribution in [0.25, 0.3) is 0 Å². The normalized spacial score (nSPS) is 22.1. The molecule has 0 radical (unpaired) electrons. The summed E-state index contributed by atoms with van der Waals surface area (Å²) < 4.78 is 11.0. The first kappa shape index (κ1) is 16.2. The molecule has 0 bridgehead atoms. The molecule has 1 aliphatic rings. The van der Waals surface area contributed by atoms with Gasteiger partial charge in [0.05, 0.1) is 23.5 Å². The van der Waals surface area contributed by atoms with E-state index < -0.39 is 0 Å². The highest BCUT2D eigenvalue weighted by atomic mass is 16.5. The number of likely N-dealkylation sites (tertiary alicyclic amines) is 1. The maximum atomic E-state index is 5.61. The third-order valence-electron chi connectivity index (χ3n) is 4.92. The molecule has 6 nitrogen and oxygen atoms in total. The Morgan fingerprint density at radius 1 is 1.35 bits per heavy atom. The molecule has 1 aliphatic heterocycles. The highest BCUT2D eigenvalue weighted by Crippen LogP contribution is 2.34. The number of ether oxygens (including phenoxy) is 1. The van der Waals surface area contributed by atoms with E-state index in [9.17, 15) is 0 Å². The van der Waals surface area contributed by atoms with Gasteiger partial charge in [-0.2, -0.15) is 0 Å². The van der Waals surface area contributed by atoms with Crippen LogP contribution in [0.15, 0.2) is 4.52 Å². The molecule has 3 heterocycles. The third-order valence-corrected chi connectivity index (χ3v) is 4.92. The van der Waals surface area contributed by atoms with Crippen molar-refractivity contribution in [2.45, 2.75) is 59.2 Å². The van der Waals surface area contributed by atoms with Gasteiger partial charge in [-0.3, -0.25) is 4.90 Å². The van der Waals surface area contributed by atoms with Gasteiger partial charge in [0, 0.05) is 31.5 Å². The highest BCUT2D eigenvalue weighted by Gasteiger charge is 2.36. The van der Waals surface area contributed by atoms with Crippen molar-refractivity contribution in [1.29, 1.82) is 0 Å². The second-order valence-electron chi connectivity index (χ2n) is 6.39. The van der Waals surface area contributed by atoms with E-state index in [0.717, 1.165) is 54.6 Å². The van der Waals surface area contributed by atoms with Crippen molar-refractivity contribution in [3.05, 3.63) is 34.2 Å². The van der Waals surface area contributed by atoms with Crippen LogP contribution >= 0.6 is 0 Å². The smallest absolute Gasteiger partial charge is 0.138 e. The van der Waals surface area contributed by atoms with E-state index in [0.29, 0.717) is 0 Å². The number of aryl methyl sites for hydroxylation is 4. The predicted molar refractivity (Wildman–Crippen MR) is 87.2 cm³/mol. The summed E-state index contributed by atoms with van der Waals surface area (Å²) in [6, 6.07) is 0.242. The van der Waals surface area contributed by atoms with Crippen LogP contribution in [0.4, 0.5) is 0 Å². The van der Waals surface area contributed by atoms with Gasteiger partial charge in [0.2, 0.25) is 0 Å². The van der Waals surface area contributed by atoms with Crippen LogP contribution in [0.5, 0.6) is 0 Å². The number of nitrogens with one attached hydrogen (secondary N) is 1. The zero-order valence-corrected chi connectivity index (χ0v) is 14.6. The van der Waals surface area contributed by atoms with Crippen LogP contribution in [0.1, 0.15) is 53.6 Å². The van der Waals surface area contributed by atoms with Crippen molar-refractivity contribution >= 4 is 0 Å². The molecule has 1 saturated heterocycles. The Hall–Kier alpha value is -1.66. The molecule has 0 amide bonds. The van der Waals surface area contributed by atoms with Crippen LogP contribution in [0, 0.1) is 20.8 Å². The standard InChI is InChI=1S/C17H26N4O2/c1-6-15-14(12(4)23-20-15)9-21-8-13(22-5)7-16(21)17-18-10(2)11(3)19-17/h13,16H,6-9H2,1-5H3,(H,18,19)/t13-,16+/m1/s1. The first-order valence-electron chi connectivity index (χ1n) is 8.27. The van der Waals surface area contributed by atoms with Crippen LogP contribution < -0.4 is 0 Å². The van der Waals surface area contributed by atoms with E-state index in [-0.39, 0.29) is 12.1 Å². The fraction of sp³-hybridized carbons (Fsp3) is 0.647. The fourth-order valence-corrected chi connectivity index (χ4v) is 3.34. The molecule has 0 unspecified atom stereocenters. The highest BCUT2D eigenvalue weighted by molar-refractivity contribution is 5.23. The van der Waals surface area contributed by atoms with Gasteiger partial charge in [-0.25, -0.2) is 4.98 Å². The summed E-state index contributed by atoms with van der Waals surface area (Å²) in [6.45, 7) is 9.93. The molecule has 0 aliphatic carbocycles. The summed E-state index contributed by atoms with van der Waals surface area (Å²) in [4.78, 5) is 10.6. The Bertz CT molecular complexity index is 657. The zero-order valence-electron chi connectivity index (χ0n) is 14.6. The molecule has 2 atom stereocenters. The van der Waals surface area contributed by atoms with Crippen molar-refractivity contribution in [1.82, 2.24) is 20.0 Å². The second kappa shape index (κ2) is 6.45. The van der Waals surface area contributed by atoms with E-state index in [1.54, 1.807) is 7.11 Å². The van der Waals surface area contributed by atoms with Gasteiger partial charge in [-0.15, -0.1) is 0 Å². The molecule has 0 saturated carbocycles. The Morgan fingerprint density at radius 2 is 2.13 bits per heavy atom. The molecule has 0 aromatic carbocycles. The van der Waals surface area contributed by atoms with Gasteiger partial charge in [-0.05, 0) is 33.6 Å². The number of H-pyrrole nitrogens is 1. The molecule has 126 valence electrons. The van der Waals surface area contributed by atoms with Gasteiger partial charge in [-0.1, -0.05) is 12.1 Å². The van der Waals surface area contributed by atoms with Crippen LogP contribution in [0.3, 0.4) is 0 Å². The Labute approximate surface area is 137 Å². The topological polar surface area (TPSA) is 67.2 Å². The molecule has 1 N–H and O–H groups in total. The Kier molecular flexibility index (Phi) is 4.55. The summed E-state index contributed by atoms with van der Waals surface area (Å²) in [5.41, 5.74) is 4.45. The number of hydrogen-bond acceptors (Lipinski definition) is 5. The molecular weight excluding hydrogens is 292 g/mol. The quantitative estimate of drug-likeness (QED) is 0.918. The molecule has 3 rings (SSSR count). The maximum Gasteiger partial charge on any atom is 0.138 e. The number of rotatable bonds is 5. The number of aromatic nitrogens is 3. The van der Waals surface area contributed by atoms with E-state index in [4.69, 9.17) is 14.2 Å². The molecule has 2 aromatic heterocycles. The van der Waals surface area contributed by atoms with E-state index >= 15 is 0 Å². The monoisotopic (exact) mass is 318 g/mol. The largest absolute Gasteiger partial charge is 0.380 e. The van der Waals surface area contributed by atoms with Crippen molar-refractivity contribution in [2.24, 2.45) is 0 Å². The number of aromatic amines is 1. The molecule has 1 fully saturated rings. The average Bonchev–Trinajstić information content (AvgIpc) is 3.19. The summed E-state index contributed by atoms with van der Waals surface area (Å²) >= 11 is 0. The molecule has 2 aromatic rings. The van der Waals surface area contributed by atoms with Gasteiger partial charge in [0.25, 0.3) is 0 Å². The van der Waals surface area contributed by atoms with Crippen molar-refractivity contribution in [3.63, 3.8) is 0 Å². The minimum absolute atomic E-state index is 0.232. The summed E-state index contributed by atoms with van der Waals surface area (Å²) in [5, 5.41) is 4.18. The number of nitrogens with zero attached hydrogens (tertiary/aromatic N) is 3. The third kappa shape index (κ3) is 3.05. The summed E-state index contributed by atoms with van der Waals surface area (Å²) in [6.07, 6.45) is 2.07. The van der Waals surface area contributed by atoms with E-state index in [1.807, 2.05) is 13.8 Å². The Balaban J connectivity index is 1.87. The first-order chi connectivity index (χ1) is 11.0. The van der Waals surface area contributed by atoms with Gasteiger partial charge in [0.1, 0.15) is 11.6 Å². The summed E-state index contributed by atoms with van der Waals surface area (Å²) in [5.74, 6) is 1.94. The average molecular weight is 318 g/mol.